The van der Waals surface area contributed by atoms with Crippen LogP contribution in [-0.2, 0) is 9.53 Å². The maximum atomic E-state index is 12.8. The van der Waals surface area contributed by atoms with Gasteiger partial charge in [-0.3, -0.25) is 0 Å². The van der Waals surface area contributed by atoms with Gasteiger partial charge >= 0.3 is 5.97 Å². The zero-order chi connectivity index (χ0) is 20.5. The van der Waals surface area contributed by atoms with Gasteiger partial charge in [-0.05, 0) is 47.7 Å². The molecule has 29 heavy (non-hydrogen) atoms. The number of benzene rings is 2. The molecule has 2 N–H and O–H groups in total. The number of carbonyl (C=O) groups is 1. The van der Waals surface area contributed by atoms with E-state index in [0.717, 1.165) is 16.8 Å². The topological polar surface area (TPSA) is 67.9 Å². The van der Waals surface area contributed by atoms with Crippen LogP contribution < -0.4 is 5.73 Å². The molecule has 1 unspecified atom stereocenters. The van der Waals surface area contributed by atoms with Gasteiger partial charge in [-0.2, -0.15) is 0 Å². The lowest BCUT2D eigenvalue weighted by atomic mass is 10.0. The van der Waals surface area contributed by atoms with E-state index in [2.05, 4.69) is 4.99 Å². The molecule has 8 heteroatoms. The van der Waals surface area contributed by atoms with Crippen molar-refractivity contribution in [2.45, 2.75) is 12.4 Å². The van der Waals surface area contributed by atoms with Gasteiger partial charge in [0.1, 0.15) is 11.4 Å². The van der Waals surface area contributed by atoms with Crippen LogP contribution in [0.3, 0.4) is 0 Å². The Morgan fingerprint density at radius 2 is 1.69 bits per heavy atom. The number of thioether (sulfide) groups is 1. The van der Waals surface area contributed by atoms with Crippen LogP contribution in [0, 0.1) is 0 Å². The summed E-state index contributed by atoms with van der Waals surface area (Å²) in [7, 11) is 0. The Bertz CT molecular complexity index is 1050. The summed E-state index contributed by atoms with van der Waals surface area (Å²) >= 11 is 13.7. The van der Waals surface area contributed by atoms with Gasteiger partial charge in [0, 0.05) is 10.0 Å². The van der Waals surface area contributed by atoms with Crippen molar-refractivity contribution in [2.24, 2.45) is 10.7 Å². The normalized spacial score (nSPS) is 18.3. The number of hydrogen-bond donors (Lipinski definition) is 1. The van der Waals surface area contributed by atoms with Crippen LogP contribution in [0.5, 0.6) is 0 Å². The molecule has 2 aliphatic heterocycles. The molecule has 4 rings (SSSR count). The van der Waals surface area contributed by atoms with Crippen LogP contribution in [0.25, 0.3) is 11.4 Å². The molecule has 0 aromatic heterocycles. The molecule has 0 saturated heterocycles. The molecular formula is C21H17Cl2N3O2S. The van der Waals surface area contributed by atoms with Gasteiger partial charge < -0.3 is 15.4 Å². The molecule has 0 saturated carbocycles. The van der Waals surface area contributed by atoms with Crippen LogP contribution in [0.4, 0.5) is 0 Å². The Morgan fingerprint density at radius 1 is 1.10 bits per heavy atom. The third kappa shape index (κ3) is 3.75. The van der Waals surface area contributed by atoms with Crippen molar-refractivity contribution in [3.63, 3.8) is 0 Å². The van der Waals surface area contributed by atoms with Crippen molar-refractivity contribution in [1.29, 1.82) is 0 Å². The highest BCUT2D eigenvalue weighted by atomic mass is 35.5. The molecule has 0 bridgehead atoms. The lowest BCUT2D eigenvalue weighted by Crippen LogP contribution is -2.38. The summed E-state index contributed by atoms with van der Waals surface area (Å²) in [6, 6.07) is 14.8. The molecule has 0 spiro atoms. The Hall–Kier alpha value is -2.41. The van der Waals surface area contributed by atoms with Crippen LogP contribution >= 0.6 is 35.0 Å². The molecule has 0 radical (unpaired) electrons. The molecule has 0 aliphatic carbocycles. The average molecular weight is 446 g/mol. The second kappa shape index (κ2) is 8.14. The summed E-state index contributed by atoms with van der Waals surface area (Å²) in [5, 5.41) is 3.26. The number of carbonyl (C=O) groups excluding carboxylic acids is 1. The van der Waals surface area contributed by atoms with Crippen molar-refractivity contribution in [2.75, 3.05) is 6.61 Å². The highest BCUT2D eigenvalue weighted by molar-refractivity contribution is 8.03. The van der Waals surface area contributed by atoms with E-state index in [1.165, 1.54) is 11.8 Å². The minimum Gasteiger partial charge on any atom is -0.462 e. The fraction of sp³-hybridized carbons (Fsp3) is 0.143. The standard InChI is InChI=1S/C21H17Cl2N3O2S/c1-2-28-20(27)17-18(13-5-9-15(23)10-6-13)26-16(11-29-21(26)25-19(17)24)12-3-7-14(22)8-4-12/h3-11,21H,2H2,1H3,(H2,24,25). The van der Waals surface area contributed by atoms with E-state index < -0.39 is 5.97 Å². The number of ether oxygens (including phenoxy) is 1. The van der Waals surface area contributed by atoms with Crippen molar-refractivity contribution < 1.29 is 9.53 Å². The van der Waals surface area contributed by atoms with E-state index >= 15 is 0 Å². The lowest BCUT2D eigenvalue weighted by molar-refractivity contribution is -0.137. The monoisotopic (exact) mass is 445 g/mol. The van der Waals surface area contributed by atoms with Gasteiger partial charge in [0.25, 0.3) is 0 Å². The van der Waals surface area contributed by atoms with Crippen molar-refractivity contribution in [3.05, 3.63) is 80.7 Å². The van der Waals surface area contributed by atoms with E-state index in [0.29, 0.717) is 15.7 Å². The van der Waals surface area contributed by atoms with E-state index in [9.17, 15) is 4.79 Å². The van der Waals surface area contributed by atoms with Crippen LogP contribution in [0.2, 0.25) is 10.0 Å². The van der Waals surface area contributed by atoms with Gasteiger partial charge in [-0.15, -0.1) is 0 Å². The summed E-state index contributed by atoms with van der Waals surface area (Å²) in [6.07, 6.45) is 0. The number of amidine groups is 1. The molecule has 1 atom stereocenters. The SMILES string of the molecule is CCOC(=O)C1=C(c2ccc(Cl)cc2)N2C(c3ccc(Cl)cc3)=CSC2N=C1N. The number of nitrogens with two attached hydrogens (primary N) is 1. The lowest BCUT2D eigenvalue weighted by Gasteiger charge is -2.34. The largest absolute Gasteiger partial charge is 0.462 e. The van der Waals surface area contributed by atoms with Gasteiger partial charge in [-0.1, -0.05) is 59.2 Å². The zero-order valence-corrected chi connectivity index (χ0v) is 17.8. The van der Waals surface area contributed by atoms with Gasteiger partial charge in [0.15, 0.2) is 5.50 Å². The van der Waals surface area contributed by atoms with Crippen LogP contribution in [-0.4, -0.2) is 28.8 Å². The number of hydrogen-bond acceptors (Lipinski definition) is 6. The number of esters is 1. The van der Waals surface area contributed by atoms with Crippen LogP contribution in [0.1, 0.15) is 18.1 Å². The van der Waals surface area contributed by atoms with Gasteiger partial charge in [0.05, 0.1) is 18.0 Å². The molecule has 5 nitrogen and oxygen atoms in total. The Balaban J connectivity index is 1.90. The molecule has 148 valence electrons. The first-order chi connectivity index (χ1) is 14.0. The molecule has 2 aliphatic rings. The summed E-state index contributed by atoms with van der Waals surface area (Å²) < 4.78 is 5.28. The smallest absolute Gasteiger partial charge is 0.344 e. The third-order valence-electron chi connectivity index (χ3n) is 4.50. The molecule has 2 aromatic rings. The molecular weight excluding hydrogens is 429 g/mol. The quantitative estimate of drug-likeness (QED) is 0.672. The first kappa shape index (κ1) is 19.9. The third-order valence-corrected chi connectivity index (χ3v) is 5.93. The highest BCUT2D eigenvalue weighted by Crippen LogP contribution is 2.46. The fourth-order valence-corrected chi connectivity index (χ4v) is 4.50. The highest BCUT2D eigenvalue weighted by Gasteiger charge is 2.39. The van der Waals surface area contributed by atoms with Crippen molar-refractivity contribution >= 4 is 58.2 Å². The number of rotatable bonds is 4. The zero-order valence-electron chi connectivity index (χ0n) is 15.4. The molecule has 0 fully saturated rings. The number of nitrogens with zero attached hydrogens (tertiary/aromatic N) is 2. The average Bonchev–Trinajstić information content (AvgIpc) is 3.11. The maximum absolute atomic E-state index is 12.8. The van der Waals surface area contributed by atoms with E-state index in [1.54, 1.807) is 19.1 Å². The number of aliphatic imine (C=N–C) groups is 1. The van der Waals surface area contributed by atoms with Crippen molar-refractivity contribution in [1.82, 2.24) is 4.90 Å². The predicted molar refractivity (Wildman–Crippen MR) is 119 cm³/mol. The van der Waals surface area contributed by atoms with E-state index in [-0.39, 0.29) is 23.5 Å². The first-order valence-corrected chi connectivity index (χ1v) is 10.6. The van der Waals surface area contributed by atoms with Crippen molar-refractivity contribution in [3.8, 4) is 0 Å². The first-order valence-electron chi connectivity index (χ1n) is 8.91. The summed E-state index contributed by atoms with van der Waals surface area (Å²) in [4.78, 5) is 19.3. The molecule has 0 amide bonds. The molecule has 2 aromatic carbocycles. The van der Waals surface area contributed by atoms with Gasteiger partial charge in [0.2, 0.25) is 0 Å². The number of halogens is 2. The predicted octanol–water partition coefficient (Wildman–Crippen LogP) is 4.97. The Morgan fingerprint density at radius 3 is 2.28 bits per heavy atom. The fourth-order valence-electron chi connectivity index (χ4n) is 3.23. The summed E-state index contributed by atoms with van der Waals surface area (Å²) in [5.41, 5.74) is 9.43. The second-order valence-corrected chi connectivity index (χ2v) is 8.11. The maximum Gasteiger partial charge on any atom is 0.344 e. The summed E-state index contributed by atoms with van der Waals surface area (Å²) in [6.45, 7) is 1.99. The minimum atomic E-state index is -0.510. The number of fused-ring (bicyclic) bond motifs is 1. The van der Waals surface area contributed by atoms with Crippen LogP contribution in [0.15, 0.2) is 64.5 Å². The second-order valence-electron chi connectivity index (χ2n) is 6.31. The summed E-state index contributed by atoms with van der Waals surface area (Å²) in [5.74, 6) is -0.350. The Kier molecular flexibility index (Phi) is 5.58. The minimum absolute atomic E-state index is 0.160. The van der Waals surface area contributed by atoms with Gasteiger partial charge in [-0.25, -0.2) is 9.79 Å². The van der Waals surface area contributed by atoms with E-state index in [1.807, 2.05) is 46.7 Å². The van der Waals surface area contributed by atoms with E-state index in [4.69, 9.17) is 33.7 Å². The Labute approximate surface area is 182 Å². The molecule has 2 heterocycles.